The molecule has 2 N–H and O–H groups in total. The van der Waals surface area contributed by atoms with Crippen LogP contribution in [0, 0.1) is 6.92 Å². The minimum atomic E-state index is 0.386. The topological polar surface area (TPSA) is 75.3 Å². The molecule has 0 aliphatic heterocycles. The number of nitrogens with one attached hydrogen (secondary N) is 2. The second-order valence-electron chi connectivity index (χ2n) is 3.88. The maximum absolute atomic E-state index is 5.00. The molecule has 0 aliphatic carbocycles. The number of hydrogen-bond acceptors (Lipinski definition) is 4. The molecular formula is C11H21N5O. The molecule has 96 valence electrons. The van der Waals surface area contributed by atoms with Gasteiger partial charge in [-0.15, -0.1) is 0 Å². The van der Waals surface area contributed by atoms with Gasteiger partial charge in [0.2, 0.25) is 5.89 Å². The maximum atomic E-state index is 5.00. The minimum Gasteiger partial charge on any atom is -0.357 e. The van der Waals surface area contributed by atoms with Gasteiger partial charge in [0, 0.05) is 12.6 Å². The van der Waals surface area contributed by atoms with Crippen LogP contribution in [-0.2, 0) is 6.54 Å². The van der Waals surface area contributed by atoms with Crippen molar-refractivity contribution in [1.29, 1.82) is 0 Å². The van der Waals surface area contributed by atoms with Crippen LogP contribution in [0.3, 0.4) is 0 Å². The highest BCUT2D eigenvalue weighted by molar-refractivity contribution is 5.79. The van der Waals surface area contributed by atoms with E-state index in [4.69, 9.17) is 4.52 Å². The number of rotatable bonds is 5. The SMILES string of the molecule is CCNC(=NCc1nc(C)no1)NC(C)CC. The molecule has 1 aromatic heterocycles. The maximum Gasteiger partial charge on any atom is 0.248 e. The van der Waals surface area contributed by atoms with Gasteiger partial charge in [-0.25, -0.2) is 4.99 Å². The first-order valence-electron chi connectivity index (χ1n) is 5.99. The van der Waals surface area contributed by atoms with E-state index in [0.29, 0.717) is 24.3 Å². The van der Waals surface area contributed by atoms with Crippen molar-refractivity contribution < 1.29 is 4.52 Å². The number of aliphatic imine (C=N–C) groups is 1. The Bertz CT molecular complexity index is 360. The van der Waals surface area contributed by atoms with Gasteiger partial charge in [0.05, 0.1) is 0 Å². The number of guanidine groups is 1. The van der Waals surface area contributed by atoms with E-state index < -0.39 is 0 Å². The molecule has 6 nitrogen and oxygen atoms in total. The molecule has 0 spiro atoms. The average Bonchev–Trinajstić information content (AvgIpc) is 2.72. The van der Waals surface area contributed by atoms with Crippen LogP contribution in [0.2, 0.25) is 0 Å². The fourth-order valence-electron chi connectivity index (χ4n) is 1.21. The summed E-state index contributed by atoms with van der Waals surface area (Å²) in [5.74, 6) is 1.94. The number of aryl methyl sites for hydroxylation is 1. The van der Waals surface area contributed by atoms with Crippen molar-refractivity contribution in [2.75, 3.05) is 6.54 Å². The summed E-state index contributed by atoms with van der Waals surface area (Å²) in [6.45, 7) is 9.29. The molecule has 0 radical (unpaired) electrons. The first-order valence-corrected chi connectivity index (χ1v) is 5.99. The van der Waals surface area contributed by atoms with Crippen LogP contribution >= 0.6 is 0 Å². The molecule has 1 aromatic rings. The number of nitrogens with zero attached hydrogens (tertiary/aromatic N) is 3. The van der Waals surface area contributed by atoms with E-state index in [9.17, 15) is 0 Å². The zero-order valence-electron chi connectivity index (χ0n) is 10.9. The van der Waals surface area contributed by atoms with Crippen molar-refractivity contribution in [3.63, 3.8) is 0 Å². The van der Waals surface area contributed by atoms with E-state index in [0.717, 1.165) is 18.9 Å². The summed E-state index contributed by atoms with van der Waals surface area (Å²) < 4.78 is 5.00. The lowest BCUT2D eigenvalue weighted by Crippen LogP contribution is -2.41. The smallest absolute Gasteiger partial charge is 0.248 e. The van der Waals surface area contributed by atoms with Crippen molar-refractivity contribution in [1.82, 2.24) is 20.8 Å². The molecule has 1 heterocycles. The summed E-state index contributed by atoms with van der Waals surface area (Å²) >= 11 is 0. The van der Waals surface area contributed by atoms with Gasteiger partial charge in [0.25, 0.3) is 0 Å². The third kappa shape index (κ3) is 4.84. The van der Waals surface area contributed by atoms with E-state index in [1.165, 1.54) is 0 Å². The van der Waals surface area contributed by atoms with E-state index in [-0.39, 0.29) is 0 Å². The highest BCUT2D eigenvalue weighted by Crippen LogP contribution is 1.97. The molecule has 0 bridgehead atoms. The van der Waals surface area contributed by atoms with Gasteiger partial charge in [-0.3, -0.25) is 0 Å². The lowest BCUT2D eigenvalue weighted by molar-refractivity contribution is 0.376. The summed E-state index contributed by atoms with van der Waals surface area (Å²) in [5.41, 5.74) is 0. The van der Waals surface area contributed by atoms with Crippen LogP contribution < -0.4 is 10.6 Å². The fraction of sp³-hybridized carbons (Fsp3) is 0.727. The molecule has 1 atom stereocenters. The van der Waals surface area contributed by atoms with E-state index in [1.807, 2.05) is 6.92 Å². The molecule has 0 aromatic carbocycles. The molecule has 6 heteroatoms. The Hall–Kier alpha value is -1.59. The Morgan fingerprint density at radius 2 is 2.24 bits per heavy atom. The lowest BCUT2D eigenvalue weighted by Gasteiger charge is -2.15. The Morgan fingerprint density at radius 3 is 2.76 bits per heavy atom. The molecule has 1 unspecified atom stereocenters. The summed E-state index contributed by atoms with van der Waals surface area (Å²) in [6, 6.07) is 0.386. The quantitative estimate of drug-likeness (QED) is 0.597. The van der Waals surface area contributed by atoms with Crippen molar-refractivity contribution in [2.45, 2.75) is 46.7 Å². The average molecular weight is 239 g/mol. The first kappa shape index (κ1) is 13.5. The van der Waals surface area contributed by atoms with Crippen LogP contribution in [-0.4, -0.2) is 28.7 Å². The monoisotopic (exact) mass is 239 g/mol. The van der Waals surface area contributed by atoms with Crippen molar-refractivity contribution in [3.8, 4) is 0 Å². The van der Waals surface area contributed by atoms with Crippen molar-refractivity contribution >= 4 is 5.96 Å². The van der Waals surface area contributed by atoms with Crippen molar-refractivity contribution in [2.24, 2.45) is 4.99 Å². The minimum absolute atomic E-state index is 0.386. The van der Waals surface area contributed by atoms with Gasteiger partial charge in [0.1, 0.15) is 6.54 Å². The van der Waals surface area contributed by atoms with Crippen LogP contribution in [0.4, 0.5) is 0 Å². The predicted octanol–water partition coefficient (Wildman–Crippen LogP) is 1.23. The summed E-state index contributed by atoms with van der Waals surface area (Å²) in [4.78, 5) is 8.48. The van der Waals surface area contributed by atoms with Gasteiger partial charge in [-0.1, -0.05) is 12.1 Å². The van der Waals surface area contributed by atoms with E-state index in [2.05, 4.69) is 39.6 Å². The molecule has 1 rings (SSSR count). The fourth-order valence-corrected chi connectivity index (χ4v) is 1.21. The molecule has 17 heavy (non-hydrogen) atoms. The highest BCUT2D eigenvalue weighted by atomic mass is 16.5. The van der Waals surface area contributed by atoms with Gasteiger partial charge >= 0.3 is 0 Å². The Labute approximate surface area is 102 Å². The normalized spacial score (nSPS) is 13.5. The van der Waals surface area contributed by atoms with E-state index >= 15 is 0 Å². The van der Waals surface area contributed by atoms with Gasteiger partial charge in [0.15, 0.2) is 11.8 Å². The lowest BCUT2D eigenvalue weighted by atomic mass is 10.3. The second-order valence-corrected chi connectivity index (χ2v) is 3.88. The summed E-state index contributed by atoms with van der Waals surface area (Å²) in [6.07, 6.45) is 1.05. The standard InChI is InChI=1S/C11H21N5O/c1-5-8(3)14-11(12-6-2)13-7-10-15-9(4)16-17-10/h8H,5-7H2,1-4H3,(H2,12,13,14). The summed E-state index contributed by atoms with van der Waals surface area (Å²) in [7, 11) is 0. The van der Waals surface area contributed by atoms with Gasteiger partial charge in [-0.05, 0) is 27.2 Å². The molecule has 0 aliphatic rings. The van der Waals surface area contributed by atoms with Crippen LogP contribution in [0.15, 0.2) is 9.52 Å². The Kier molecular flexibility index (Phi) is 5.45. The molecule has 0 saturated carbocycles. The third-order valence-electron chi connectivity index (χ3n) is 2.28. The van der Waals surface area contributed by atoms with Crippen LogP contribution in [0.1, 0.15) is 38.9 Å². The molecule has 0 fully saturated rings. The predicted molar refractivity (Wildman–Crippen MR) is 66.7 cm³/mol. The Morgan fingerprint density at radius 1 is 1.47 bits per heavy atom. The largest absolute Gasteiger partial charge is 0.357 e. The Balaban J connectivity index is 2.56. The third-order valence-corrected chi connectivity index (χ3v) is 2.28. The van der Waals surface area contributed by atoms with Crippen LogP contribution in [0.5, 0.6) is 0 Å². The van der Waals surface area contributed by atoms with Gasteiger partial charge in [-0.2, -0.15) is 4.98 Å². The molecule has 0 amide bonds. The zero-order valence-corrected chi connectivity index (χ0v) is 10.9. The summed E-state index contributed by atoms with van der Waals surface area (Å²) in [5, 5.41) is 10.2. The highest BCUT2D eigenvalue weighted by Gasteiger charge is 2.04. The van der Waals surface area contributed by atoms with E-state index in [1.54, 1.807) is 6.92 Å². The zero-order chi connectivity index (χ0) is 12.7. The molecule has 0 saturated heterocycles. The first-order chi connectivity index (χ1) is 8.15. The molecular weight excluding hydrogens is 218 g/mol. The number of aromatic nitrogens is 2. The van der Waals surface area contributed by atoms with Gasteiger partial charge < -0.3 is 15.2 Å². The van der Waals surface area contributed by atoms with Crippen molar-refractivity contribution in [3.05, 3.63) is 11.7 Å². The second kappa shape index (κ2) is 6.88. The number of hydrogen-bond donors (Lipinski definition) is 2. The van der Waals surface area contributed by atoms with Crippen LogP contribution in [0.25, 0.3) is 0 Å².